The molecule has 0 bridgehead atoms. The van der Waals surface area contributed by atoms with E-state index in [0.29, 0.717) is 45.0 Å². The van der Waals surface area contributed by atoms with Gasteiger partial charge in [-0.1, -0.05) is 24.3 Å². The highest BCUT2D eigenvalue weighted by Gasteiger charge is 2.26. The monoisotopic (exact) mass is 441 g/mol. The Kier molecular flexibility index (Phi) is 6.40. The highest BCUT2D eigenvalue weighted by Crippen LogP contribution is 2.17. The van der Waals surface area contributed by atoms with Crippen LogP contribution in [0.3, 0.4) is 0 Å². The Morgan fingerprint density at radius 3 is 2.32 bits per heavy atom. The molecular weight excluding hydrogens is 418 g/mol. The predicted molar refractivity (Wildman–Crippen MR) is 113 cm³/mol. The number of ether oxygens (including phenoxy) is 1. The number of hydrogen-bond donors (Lipinski definition) is 1. The van der Waals surface area contributed by atoms with Crippen LogP contribution in [0.1, 0.15) is 21.5 Å². The lowest BCUT2D eigenvalue weighted by atomic mass is 10.1. The van der Waals surface area contributed by atoms with Gasteiger partial charge in [0.2, 0.25) is 10.0 Å². The molecular formula is C21H23N5O4S. The topological polar surface area (TPSA) is 106 Å². The van der Waals surface area contributed by atoms with Gasteiger partial charge >= 0.3 is 0 Å². The minimum atomic E-state index is -3.52. The molecule has 1 aromatic heterocycles. The van der Waals surface area contributed by atoms with Crippen molar-refractivity contribution in [2.75, 3.05) is 26.3 Å². The first-order chi connectivity index (χ1) is 15.0. The lowest BCUT2D eigenvalue weighted by Crippen LogP contribution is -2.40. The van der Waals surface area contributed by atoms with Gasteiger partial charge in [0.1, 0.15) is 12.7 Å². The third-order valence-corrected chi connectivity index (χ3v) is 6.92. The average molecular weight is 442 g/mol. The minimum absolute atomic E-state index is 0.197. The van der Waals surface area contributed by atoms with Crippen LogP contribution in [-0.4, -0.2) is 59.7 Å². The smallest absolute Gasteiger partial charge is 0.251 e. The standard InChI is InChI=1S/C21H23N5O4S/c27-21(19-5-1-18(2-6-19)14-25-16-22-15-24-25)23-13-17-3-7-20(8-4-17)31(28,29)26-9-11-30-12-10-26/h1-8,15-16H,9-14H2,(H,23,27). The zero-order chi connectivity index (χ0) is 21.7. The van der Waals surface area contributed by atoms with Gasteiger partial charge in [-0.25, -0.2) is 18.1 Å². The zero-order valence-electron chi connectivity index (χ0n) is 16.8. The molecule has 0 radical (unpaired) electrons. The minimum Gasteiger partial charge on any atom is -0.379 e. The lowest BCUT2D eigenvalue weighted by molar-refractivity contribution is 0.0730. The second-order valence-corrected chi connectivity index (χ2v) is 9.07. The van der Waals surface area contributed by atoms with Crippen molar-refractivity contribution in [3.8, 4) is 0 Å². The highest BCUT2D eigenvalue weighted by atomic mass is 32.2. The molecule has 9 nitrogen and oxygen atoms in total. The van der Waals surface area contributed by atoms with E-state index in [0.717, 1.165) is 11.1 Å². The number of carbonyl (C=O) groups excluding carboxylic acids is 1. The molecule has 0 unspecified atom stereocenters. The van der Waals surface area contributed by atoms with Crippen LogP contribution in [0.15, 0.2) is 66.1 Å². The normalized spacial score (nSPS) is 15.0. The van der Waals surface area contributed by atoms with E-state index in [4.69, 9.17) is 4.74 Å². The summed E-state index contributed by atoms with van der Waals surface area (Å²) in [5.41, 5.74) is 2.38. The fourth-order valence-electron chi connectivity index (χ4n) is 3.26. The Labute approximate surface area is 180 Å². The second kappa shape index (κ2) is 9.38. The van der Waals surface area contributed by atoms with Crippen molar-refractivity contribution in [1.29, 1.82) is 0 Å². The number of nitrogens with zero attached hydrogens (tertiary/aromatic N) is 4. The van der Waals surface area contributed by atoms with Crippen molar-refractivity contribution in [1.82, 2.24) is 24.4 Å². The molecule has 2 aromatic carbocycles. The third-order valence-electron chi connectivity index (χ3n) is 5.01. The zero-order valence-corrected chi connectivity index (χ0v) is 17.7. The molecule has 1 aliphatic rings. The van der Waals surface area contributed by atoms with Gasteiger partial charge in [0.25, 0.3) is 5.91 Å². The molecule has 10 heteroatoms. The second-order valence-electron chi connectivity index (χ2n) is 7.13. The maximum atomic E-state index is 12.7. The Morgan fingerprint density at radius 1 is 1.00 bits per heavy atom. The summed E-state index contributed by atoms with van der Waals surface area (Å²) < 4.78 is 33.7. The van der Waals surface area contributed by atoms with Crippen molar-refractivity contribution < 1.29 is 17.9 Å². The number of aromatic nitrogens is 3. The van der Waals surface area contributed by atoms with Crippen molar-refractivity contribution in [2.45, 2.75) is 18.0 Å². The molecule has 0 atom stereocenters. The van der Waals surface area contributed by atoms with Crippen LogP contribution in [0.2, 0.25) is 0 Å². The van der Waals surface area contributed by atoms with E-state index in [9.17, 15) is 13.2 Å². The van der Waals surface area contributed by atoms with Crippen LogP contribution in [0.25, 0.3) is 0 Å². The highest BCUT2D eigenvalue weighted by molar-refractivity contribution is 7.89. The lowest BCUT2D eigenvalue weighted by Gasteiger charge is -2.26. The number of carbonyl (C=O) groups is 1. The summed E-state index contributed by atoms with van der Waals surface area (Å²) in [6.07, 6.45) is 3.12. The summed E-state index contributed by atoms with van der Waals surface area (Å²) >= 11 is 0. The number of hydrogen-bond acceptors (Lipinski definition) is 6. The van der Waals surface area contributed by atoms with Crippen molar-refractivity contribution >= 4 is 15.9 Å². The van der Waals surface area contributed by atoms with E-state index >= 15 is 0 Å². The Morgan fingerprint density at radius 2 is 1.68 bits per heavy atom. The number of amides is 1. The molecule has 2 heterocycles. The molecule has 0 saturated carbocycles. The van der Waals surface area contributed by atoms with Crippen LogP contribution < -0.4 is 5.32 Å². The number of sulfonamides is 1. The summed E-state index contributed by atoms with van der Waals surface area (Å²) in [5, 5.41) is 6.92. The van der Waals surface area contributed by atoms with Crippen LogP contribution in [0.5, 0.6) is 0 Å². The largest absolute Gasteiger partial charge is 0.379 e. The Bertz CT molecular complexity index is 1110. The molecule has 1 fully saturated rings. The van der Waals surface area contributed by atoms with Crippen LogP contribution in [0.4, 0.5) is 0 Å². The number of benzene rings is 2. The summed E-state index contributed by atoms with van der Waals surface area (Å²) in [7, 11) is -3.52. The molecule has 4 rings (SSSR count). The van der Waals surface area contributed by atoms with Gasteiger partial charge in [0.15, 0.2) is 0 Å². The first-order valence-electron chi connectivity index (χ1n) is 9.89. The molecule has 1 amide bonds. The third kappa shape index (κ3) is 5.16. The van der Waals surface area contributed by atoms with Crippen LogP contribution >= 0.6 is 0 Å². The first kappa shape index (κ1) is 21.2. The molecule has 1 saturated heterocycles. The van der Waals surface area contributed by atoms with Gasteiger partial charge in [-0.3, -0.25) is 4.79 Å². The van der Waals surface area contributed by atoms with E-state index in [2.05, 4.69) is 15.4 Å². The molecule has 162 valence electrons. The molecule has 31 heavy (non-hydrogen) atoms. The van der Waals surface area contributed by atoms with Gasteiger partial charge in [-0.2, -0.15) is 9.40 Å². The van der Waals surface area contributed by atoms with Gasteiger partial charge in [-0.15, -0.1) is 0 Å². The van der Waals surface area contributed by atoms with Gasteiger partial charge in [-0.05, 0) is 35.4 Å². The Balaban J connectivity index is 1.33. The summed E-state index contributed by atoms with van der Waals surface area (Å²) in [6, 6.07) is 13.9. The maximum Gasteiger partial charge on any atom is 0.251 e. The average Bonchev–Trinajstić information content (AvgIpc) is 3.32. The van der Waals surface area contributed by atoms with Gasteiger partial charge < -0.3 is 10.1 Å². The Hall–Kier alpha value is -3.08. The maximum absolute atomic E-state index is 12.7. The predicted octanol–water partition coefficient (Wildman–Crippen LogP) is 1.28. The number of rotatable bonds is 7. The number of nitrogens with one attached hydrogen (secondary N) is 1. The quantitative estimate of drug-likeness (QED) is 0.592. The molecule has 0 spiro atoms. The van der Waals surface area contributed by atoms with Crippen LogP contribution in [0, 0.1) is 0 Å². The van der Waals surface area contributed by atoms with Crippen molar-refractivity contribution in [2.24, 2.45) is 0 Å². The van der Waals surface area contributed by atoms with Crippen LogP contribution in [-0.2, 0) is 27.8 Å². The fourth-order valence-corrected chi connectivity index (χ4v) is 4.67. The first-order valence-corrected chi connectivity index (χ1v) is 11.3. The van der Waals surface area contributed by atoms with Crippen molar-refractivity contribution in [3.05, 3.63) is 77.9 Å². The molecule has 1 aliphatic heterocycles. The van der Waals surface area contributed by atoms with Gasteiger partial charge in [0, 0.05) is 25.2 Å². The van der Waals surface area contributed by atoms with Crippen molar-refractivity contribution in [3.63, 3.8) is 0 Å². The fraction of sp³-hybridized carbons (Fsp3) is 0.286. The summed E-state index contributed by atoms with van der Waals surface area (Å²) in [4.78, 5) is 16.6. The van der Waals surface area contributed by atoms with E-state index < -0.39 is 10.0 Å². The van der Waals surface area contributed by atoms with E-state index in [1.165, 1.54) is 10.6 Å². The van der Waals surface area contributed by atoms with Gasteiger partial charge in [0.05, 0.1) is 24.7 Å². The number of morpholine rings is 1. The molecule has 0 aliphatic carbocycles. The summed E-state index contributed by atoms with van der Waals surface area (Å²) in [6.45, 7) is 2.42. The molecule has 3 aromatic rings. The van der Waals surface area contributed by atoms with E-state index in [1.54, 1.807) is 47.4 Å². The molecule has 1 N–H and O–H groups in total. The van der Waals surface area contributed by atoms with E-state index in [1.807, 2.05) is 12.1 Å². The SMILES string of the molecule is O=C(NCc1ccc(S(=O)(=O)N2CCOCC2)cc1)c1ccc(Cn2cncn2)cc1. The summed E-state index contributed by atoms with van der Waals surface area (Å²) in [5.74, 6) is -0.197. The van der Waals surface area contributed by atoms with E-state index in [-0.39, 0.29) is 10.8 Å².